The van der Waals surface area contributed by atoms with E-state index in [1.807, 2.05) is 0 Å². The van der Waals surface area contributed by atoms with Crippen LogP contribution in [0.1, 0.15) is 52.4 Å². The van der Waals surface area contributed by atoms with Gasteiger partial charge in [0.2, 0.25) is 0 Å². The molecule has 0 unspecified atom stereocenters. The lowest BCUT2D eigenvalue weighted by Gasteiger charge is -2.33. The molecular weight excluding hydrogens is 160 g/mol. The van der Waals surface area contributed by atoms with Crippen LogP contribution in [-0.4, -0.2) is 13.1 Å². The van der Waals surface area contributed by atoms with Crippen molar-refractivity contribution >= 4 is 0 Å². The van der Waals surface area contributed by atoms with E-state index in [1.54, 1.807) is 0 Å². The Bertz CT molecular complexity index is 83.1. The summed E-state index contributed by atoms with van der Waals surface area (Å²) in [4.78, 5) is 0. The highest BCUT2D eigenvalue weighted by atomic mass is 14.6. The Morgan fingerprint density at radius 3 is 1.38 bits per heavy atom. The topological polar surface area (TPSA) is 52.0 Å². The van der Waals surface area contributed by atoms with Crippen molar-refractivity contribution in [2.75, 3.05) is 13.1 Å². The molecule has 13 heavy (non-hydrogen) atoms. The zero-order chi connectivity index (χ0) is 10.2. The Kier molecular flexibility index (Phi) is 7.29. The molecule has 0 aliphatic carbocycles. The Hall–Kier alpha value is -0.0800. The van der Waals surface area contributed by atoms with Crippen molar-refractivity contribution < 1.29 is 0 Å². The van der Waals surface area contributed by atoms with Crippen LogP contribution < -0.4 is 11.5 Å². The molecule has 0 aromatic heterocycles. The maximum Gasteiger partial charge on any atom is -0.00720 e. The van der Waals surface area contributed by atoms with Gasteiger partial charge in [0.25, 0.3) is 0 Å². The molecule has 0 saturated carbocycles. The van der Waals surface area contributed by atoms with Crippen LogP contribution in [0.25, 0.3) is 0 Å². The SMILES string of the molecule is CCCC(CCC)(CCN)CCN. The van der Waals surface area contributed by atoms with Crippen molar-refractivity contribution in [3.63, 3.8) is 0 Å². The molecule has 0 bridgehead atoms. The third kappa shape index (κ3) is 4.63. The predicted octanol–water partition coefficient (Wildman–Crippen LogP) is 2.27. The zero-order valence-electron chi connectivity index (χ0n) is 9.31. The van der Waals surface area contributed by atoms with E-state index < -0.39 is 0 Å². The van der Waals surface area contributed by atoms with E-state index in [2.05, 4.69) is 13.8 Å². The Balaban J connectivity index is 4.19. The summed E-state index contributed by atoms with van der Waals surface area (Å²) < 4.78 is 0. The van der Waals surface area contributed by atoms with E-state index in [-0.39, 0.29) is 0 Å². The van der Waals surface area contributed by atoms with E-state index in [0.717, 1.165) is 25.9 Å². The average molecular weight is 186 g/mol. The van der Waals surface area contributed by atoms with Gasteiger partial charge >= 0.3 is 0 Å². The van der Waals surface area contributed by atoms with Crippen LogP contribution in [0.5, 0.6) is 0 Å². The maximum absolute atomic E-state index is 5.66. The van der Waals surface area contributed by atoms with Crippen LogP contribution in [0.3, 0.4) is 0 Å². The van der Waals surface area contributed by atoms with Crippen molar-refractivity contribution in [2.24, 2.45) is 16.9 Å². The molecular formula is C11H26N2. The summed E-state index contributed by atoms with van der Waals surface area (Å²) in [7, 11) is 0. The van der Waals surface area contributed by atoms with Crippen LogP contribution in [0.2, 0.25) is 0 Å². The average Bonchev–Trinajstić information content (AvgIpc) is 2.06. The lowest BCUT2D eigenvalue weighted by molar-refractivity contribution is 0.202. The summed E-state index contributed by atoms with van der Waals surface area (Å²) in [6.45, 7) is 6.11. The highest BCUT2D eigenvalue weighted by Gasteiger charge is 2.26. The van der Waals surface area contributed by atoms with Crippen LogP contribution >= 0.6 is 0 Å². The second kappa shape index (κ2) is 7.34. The minimum absolute atomic E-state index is 0.451. The van der Waals surface area contributed by atoms with Crippen LogP contribution in [0.15, 0.2) is 0 Å². The molecule has 4 N–H and O–H groups in total. The third-order valence-corrected chi connectivity index (χ3v) is 2.91. The van der Waals surface area contributed by atoms with E-state index >= 15 is 0 Å². The first-order valence-corrected chi connectivity index (χ1v) is 5.64. The molecule has 0 fully saturated rings. The minimum Gasteiger partial charge on any atom is -0.330 e. The fraction of sp³-hybridized carbons (Fsp3) is 1.00. The van der Waals surface area contributed by atoms with Crippen molar-refractivity contribution in [3.05, 3.63) is 0 Å². The quantitative estimate of drug-likeness (QED) is 0.611. The van der Waals surface area contributed by atoms with Crippen LogP contribution in [0.4, 0.5) is 0 Å². The molecule has 0 amide bonds. The van der Waals surface area contributed by atoms with Crippen LogP contribution in [-0.2, 0) is 0 Å². The number of hydrogen-bond donors (Lipinski definition) is 2. The molecule has 0 aliphatic heterocycles. The fourth-order valence-corrected chi connectivity index (χ4v) is 2.42. The normalized spacial score (nSPS) is 12.0. The summed E-state index contributed by atoms with van der Waals surface area (Å²) in [6.07, 6.45) is 7.36. The van der Waals surface area contributed by atoms with E-state index in [4.69, 9.17) is 11.5 Å². The highest BCUT2D eigenvalue weighted by Crippen LogP contribution is 2.36. The third-order valence-electron chi connectivity index (χ3n) is 2.91. The summed E-state index contributed by atoms with van der Waals surface area (Å²) in [6, 6.07) is 0. The van der Waals surface area contributed by atoms with Crippen LogP contribution in [0, 0.1) is 5.41 Å². The first kappa shape index (κ1) is 12.9. The number of hydrogen-bond acceptors (Lipinski definition) is 2. The van der Waals surface area contributed by atoms with E-state index in [1.165, 1.54) is 25.7 Å². The molecule has 0 saturated heterocycles. The summed E-state index contributed by atoms with van der Waals surface area (Å²) in [5, 5.41) is 0. The molecule has 0 heterocycles. The van der Waals surface area contributed by atoms with Gasteiger partial charge in [-0.1, -0.05) is 26.7 Å². The monoisotopic (exact) mass is 186 g/mol. The molecule has 2 nitrogen and oxygen atoms in total. The Labute approximate surface area is 83.1 Å². The van der Waals surface area contributed by atoms with Gasteiger partial charge in [0.05, 0.1) is 0 Å². The van der Waals surface area contributed by atoms with Crippen molar-refractivity contribution in [1.29, 1.82) is 0 Å². The van der Waals surface area contributed by atoms with Crippen molar-refractivity contribution in [1.82, 2.24) is 0 Å². The van der Waals surface area contributed by atoms with E-state index in [0.29, 0.717) is 5.41 Å². The molecule has 0 atom stereocenters. The first-order chi connectivity index (χ1) is 6.24. The molecule has 0 spiro atoms. The van der Waals surface area contributed by atoms with Gasteiger partial charge in [-0.15, -0.1) is 0 Å². The molecule has 80 valence electrons. The standard InChI is InChI=1S/C11H26N2/c1-3-5-11(6-4-2,7-9-12)8-10-13/h3-10,12-13H2,1-2H3. The predicted molar refractivity (Wildman–Crippen MR) is 59.6 cm³/mol. The summed E-state index contributed by atoms with van der Waals surface area (Å²) in [5.41, 5.74) is 11.8. The van der Waals surface area contributed by atoms with Gasteiger partial charge < -0.3 is 11.5 Å². The summed E-state index contributed by atoms with van der Waals surface area (Å²) >= 11 is 0. The second-order valence-electron chi connectivity index (χ2n) is 4.08. The molecule has 0 radical (unpaired) electrons. The molecule has 2 heteroatoms. The minimum atomic E-state index is 0.451. The van der Waals surface area contributed by atoms with Gasteiger partial charge in [0, 0.05) is 0 Å². The van der Waals surface area contributed by atoms with Gasteiger partial charge in [-0.05, 0) is 44.2 Å². The smallest absolute Gasteiger partial charge is 0.00720 e. The molecule has 0 aromatic carbocycles. The lowest BCUT2D eigenvalue weighted by atomic mass is 9.74. The van der Waals surface area contributed by atoms with Crippen molar-refractivity contribution in [2.45, 2.75) is 52.4 Å². The maximum atomic E-state index is 5.66. The Morgan fingerprint density at radius 2 is 1.15 bits per heavy atom. The number of rotatable bonds is 8. The fourth-order valence-electron chi connectivity index (χ4n) is 2.42. The Morgan fingerprint density at radius 1 is 0.769 bits per heavy atom. The zero-order valence-corrected chi connectivity index (χ0v) is 9.31. The molecule has 0 rings (SSSR count). The van der Waals surface area contributed by atoms with Crippen molar-refractivity contribution in [3.8, 4) is 0 Å². The van der Waals surface area contributed by atoms with Gasteiger partial charge in [-0.3, -0.25) is 0 Å². The van der Waals surface area contributed by atoms with Gasteiger partial charge in [-0.25, -0.2) is 0 Å². The second-order valence-corrected chi connectivity index (χ2v) is 4.08. The molecule has 0 aliphatic rings. The lowest BCUT2D eigenvalue weighted by Crippen LogP contribution is -2.27. The molecule has 0 aromatic rings. The van der Waals surface area contributed by atoms with Gasteiger partial charge in [-0.2, -0.15) is 0 Å². The van der Waals surface area contributed by atoms with E-state index in [9.17, 15) is 0 Å². The van der Waals surface area contributed by atoms with Gasteiger partial charge in [0.15, 0.2) is 0 Å². The largest absolute Gasteiger partial charge is 0.330 e. The first-order valence-electron chi connectivity index (χ1n) is 5.64. The number of nitrogens with two attached hydrogens (primary N) is 2. The van der Waals surface area contributed by atoms with Gasteiger partial charge in [0.1, 0.15) is 0 Å². The highest BCUT2D eigenvalue weighted by molar-refractivity contribution is 4.79. The summed E-state index contributed by atoms with van der Waals surface area (Å²) in [5.74, 6) is 0.